The topological polar surface area (TPSA) is 131 Å². The summed E-state index contributed by atoms with van der Waals surface area (Å²) in [6.07, 6.45) is 9.17. The van der Waals surface area contributed by atoms with Gasteiger partial charge in [-0.1, -0.05) is 0 Å². The van der Waals surface area contributed by atoms with Crippen LogP contribution in [0.25, 0.3) is 26.2 Å². The molecule has 0 radical (unpaired) electrons. The Hall–Kier alpha value is -5.97. The van der Waals surface area contributed by atoms with Crippen molar-refractivity contribution in [3.63, 3.8) is 0 Å². The zero-order valence-corrected chi connectivity index (χ0v) is 37.4. The summed E-state index contributed by atoms with van der Waals surface area (Å²) in [5.74, 6) is 0. The standard InChI is InChI=1S/C22H24F2N6O2.C21H24BrF2N5O2/c1-22(2,3)32-21(31)29-9-7-28(8-10-29)17-5-6-26-16-11-15(19(25-4)18(16)17)14-12-27-30(13-14)20(23)24;1-21(2,3)31-20(30)28-8-6-27(7-9-28)16-4-5-25-15-10-14(18(22)17(15)16)13-11-26-29(12-13)19(23)24/h5-6,12-13,20H,7-11H2,1-3H3;4-5,11-12,19H,6-10H2,1-3H3. The van der Waals surface area contributed by atoms with Crippen molar-refractivity contribution in [2.24, 2.45) is 0 Å². The SMILES string of the molecule is CC(C)(C)OC(=O)N1CCN(c2ccnc3c2C(Br)=C(c2cnn(C(F)F)c2)C3)CC1.[C-]#[N+]C1=C(c2cnn(C(F)F)c2)Cc2nccc(N3CCN(C(=O)OC(C)(C)C)CC3)c21. The fourth-order valence-electron chi connectivity index (χ4n) is 7.78. The second-order valence-corrected chi connectivity index (χ2v) is 18.1. The summed E-state index contributed by atoms with van der Waals surface area (Å²) >= 11 is 3.68. The van der Waals surface area contributed by atoms with E-state index in [-0.39, 0.29) is 12.2 Å². The van der Waals surface area contributed by atoms with E-state index in [1.165, 1.54) is 24.8 Å². The van der Waals surface area contributed by atoms with Gasteiger partial charge in [-0.05, 0) is 80.8 Å². The molecule has 20 heteroatoms. The van der Waals surface area contributed by atoms with Gasteiger partial charge >= 0.3 is 25.3 Å². The average molecular weight is 939 g/mol. The number of carbonyl (C=O) groups is 2. The molecule has 2 aliphatic heterocycles. The smallest absolute Gasteiger partial charge is 0.410 e. The molecule has 4 aliphatic rings. The predicted octanol–water partition coefficient (Wildman–Crippen LogP) is 8.62. The lowest BCUT2D eigenvalue weighted by atomic mass is 10.1. The fourth-order valence-corrected chi connectivity index (χ4v) is 8.58. The van der Waals surface area contributed by atoms with Gasteiger partial charge in [-0.25, -0.2) is 23.8 Å². The molecule has 2 fully saturated rings. The minimum Gasteiger partial charge on any atom is -0.444 e. The number of allylic oxidation sites excluding steroid dienone is 2. The minimum absolute atomic E-state index is 0.300. The van der Waals surface area contributed by atoms with Crippen LogP contribution in [0.2, 0.25) is 0 Å². The van der Waals surface area contributed by atoms with Crippen molar-refractivity contribution in [2.75, 3.05) is 62.2 Å². The Kier molecular flexibility index (Phi) is 12.9. The number of pyridine rings is 2. The maximum Gasteiger partial charge on any atom is 0.410 e. The third-order valence-electron chi connectivity index (χ3n) is 10.7. The van der Waals surface area contributed by atoms with Gasteiger partial charge in [0.2, 0.25) is 5.70 Å². The lowest BCUT2D eigenvalue weighted by Crippen LogP contribution is -2.50. The molecule has 63 heavy (non-hydrogen) atoms. The molecular formula is C43H48BrF4N11O4. The van der Waals surface area contributed by atoms with E-state index in [2.05, 4.69) is 50.7 Å². The molecule has 0 atom stereocenters. The first-order valence-electron chi connectivity index (χ1n) is 20.4. The Labute approximate surface area is 370 Å². The summed E-state index contributed by atoms with van der Waals surface area (Å²) in [5, 5.41) is 7.46. The number of aromatic nitrogens is 6. The molecule has 8 rings (SSSR count). The number of rotatable bonds is 6. The van der Waals surface area contributed by atoms with Crippen LogP contribution in [0.3, 0.4) is 0 Å². The van der Waals surface area contributed by atoms with Gasteiger partial charge < -0.3 is 29.1 Å². The van der Waals surface area contributed by atoms with Crippen LogP contribution >= 0.6 is 15.9 Å². The van der Waals surface area contributed by atoms with E-state index >= 15 is 0 Å². The lowest BCUT2D eigenvalue weighted by Gasteiger charge is -2.37. The van der Waals surface area contributed by atoms with Crippen LogP contribution in [0.1, 0.15) is 88.3 Å². The number of hydrogen-bond donors (Lipinski definition) is 0. The minimum atomic E-state index is -2.74. The number of alkyl halides is 4. The molecule has 0 bridgehead atoms. The van der Waals surface area contributed by atoms with Crippen molar-refractivity contribution in [3.8, 4) is 0 Å². The largest absolute Gasteiger partial charge is 0.444 e. The van der Waals surface area contributed by atoms with Gasteiger partial charge in [0, 0.05) is 134 Å². The van der Waals surface area contributed by atoms with E-state index in [9.17, 15) is 27.2 Å². The number of anilines is 2. The van der Waals surface area contributed by atoms with Crippen LogP contribution in [0.5, 0.6) is 0 Å². The second kappa shape index (κ2) is 18.0. The molecular weight excluding hydrogens is 890 g/mol. The number of halogens is 5. The van der Waals surface area contributed by atoms with Crippen LogP contribution in [0.4, 0.5) is 38.5 Å². The maximum absolute atomic E-state index is 13.0. The van der Waals surface area contributed by atoms with Gasteiger partial charge in [0.05, 0.1) is 24.7 Å². The van der Waals surface area contributed by atoms with Crippen LogP contribution in [-0.4, -0.2) is 115 Å². The summed E-state index contributed by atoms with van der Waals surface area (Å²) in [4.78, 5) is 45.1. The first-order chi connectivity index (χ1) is 29.8. The lowest BCUT2D eigenvalue weighted by molar-refractivity contribution is 0.0230. The van der Waals surface area contributed by atoms with Gasteiger partial charge in [-0.15, -0.1) is 0 Å². The zero-order chi connectivity index (χ0) is 45.4. The van der Waals surface area contributed by atoms with Crippen molar-refractivity contribution in [2.45, 2.75) is 78.7 Å². The van der Waals surface area contributed by atoms with Gasteiger partial charge in [0.1, 0.15) is 11.2 Å². The predicted molar refractivity (Wildman–Crippen MR) is 232 cm³/mol. The molecule has 0 aromatic carbocycles. The molecule has 0 N–H and O–H groups in total. The quantitative estimate of drug-likeness (QED) is 0.137. The summed E-state index contributed by atoms with van der Waals surface area (Å²) in [6, 6.07) is 3.81. The van der Waals surface area contributed by atoms with E-state index in [1.807, 2.05) is 53.7 Å². The van der Waals surface area contributed by atoms with E-state index in [1.54, 1.807) is 22.2 Å². The summed E-state index contributed by atoms with van der Waals surface area (Å²) < 4.78 is 64.8. The second-order valence-electron chi connectivity index (χ2n) is 17.3. The number of hydrogen-bond acceptors (Lipinski definition) is 10. The summed E-state index contributed by atoms with van der Waals surface area (Å²) in [5.41, 5.74) is 7.20. The van der Waals surface area contributed by atoms with E-state index in [0.717, 1.165) is 43.9 Å². The monoisotopic (exact) mass is 937 g/mol. The van der Waals surface area contributed by atoms with Crippen molar-refractivity contribution in [1.29, 1.82) is 0 Å². The number of carbonyl (C=O) groups excluding carboxylic acids is 2. The summed E-state index contributed by atoms with van der Waals surface area (Å²) in [6.45, 7) is 18.0. The molecule has 334 valence electrons. The summed E-state index contributed by atoms with van der Waals surface area (Å²) in [7, 11) is 0. The number of fused-ring (bicyclic) bond motifs is 2. The number of ether oxygens (including phenoxy) is 2. The van der Waals surface area contributed by atoms with Crippen molar-refractivity contribution < 1.29 is 36.6 Å². The number of amides is 2. The molecule has 0 unspecified atom stereocenters. The van der Waals surface area contributed by atoms with Crippen LogP contribution in [0, 0.1) is 6.57 Å². The fraction of sp³-hybridized carbons (Fsp3) is 0.465. The van der Waals surface area contributed by atoms with Gasteiger partial charge in [0.15, 0.2) is 0 Å². The zero-order valence-electron chi connectivity index (χ0n) is 35.8. The van der Waals surface area contributed by atoms with E-state index < -0.39 is 24.3 Å². The molecule has 4 aromatic heterocycles. The Balaban J connectivity index is 0.000000189. The molecule has 4 aromatic rings. The van der Waals surface area contributed by atoms with E-state index in [0.29, 0.717) is 97.0 Å². The Bertz CT molecular complexity index is 2470. The highest BCUT2D eigenvalue weighted by molar-refractivity contribution is 9.15. The number of piperazine rings is 2. The molecule has 6 heterocycles. The van der Waals surface area contributed by atoms with Crippen molar-refractivity contribution in [1.82, 2.24) is 39.3 Å². The normalized spacial score (nSPS) is 16.6. The van der Waals surface area contributed by atoms with Crippen molar-refractivity contribution in [3.05, 3.63) is 94.4 Å². The molecule has 15 nitrogen and oxygen atoms in total. The van der Waals surface area contributed by atoms with Crippen LogP contribution in [-0.2, 0) is 22.3 Å². The maximum atomic E-state index is 13.0. The molecule has 2 aliphatic carbocycles. The van der Waals surface area contributed by atoms with Crippen LogP contribution in [0.15, 0.2) is 49.3 Å². The van der Waals surface area contributed by atoms with Gasteiger partial charge in [0.25, 0.3) is 0 Å². The third-order valence-corrected chi connectivity index (χ3v) is 11.5. The molecule has 0 saturated carbocycles. The Morgan fingerprint density at radius 3 is 1.51 bits per heavy atom. The third kappa shape index (κ3) is 9.98. The van der Waals surface area contributed by atoms with Gasteiger partial charge in [-0.3, -0.25) is 9.97 Å². The first-order valence-corrected chi connectivity index (χ1v) is 21.2. The Morgan fingerprint density at radius 2 is 1.10 bits per heavy atom. The highest BCUT2D eigenvalue weighted by Crippen LogP contribution is 2.46. The number of nitrogens with zero attached hydrogens (tertiary/aromatic N) is 11. The van der Waals surface area contributed by atoms with Gasteiger partial charge in [-0.2, -0.15) is 27.8 Å². The molecule has 2 amide bonds. The first kappa shape index (κ1) is 45.1. The van der Waals surface area contributed by atoms with E-state index in [4.69, 9.17) is 16.0 Å². The van der Waals surface area contributed by atoms with Crippen molar-refractivity contribution >= 4 is 60.8 Å². The average Bonchev–Trinajstić information content (AvgIpc) is 4.05. The Morgan fingerprint density at radius 1 is 0.683 bits per heavy atom. The highest BCUT2D eigenvalue weighted by atomic mass is 79.9. The highest BCUT2D eigenvalue weighted by Gasteiger charge is 2.34. The van der Waals surface area contributed by atoms with Crippen LogP contribution < -0.4 is 9.80 Å². The molecule has 0 spiro atoms. The molecule has 2 saturated heterocycles.